The van der Waals surface area contributed by atoms with Gasteiger partial charge in [-0.25, -0.2) is 13.2 Å². The van der Waals surface area contributed by atoms with E-state index in [1.165, 1.54) is 5.38 Å². The summed E-state index contributed by atoms with van der Waals surface area (Å²) in [6.45, 7) is 0.259. The molecule has 1 N–H and O–H groups in total. The number of carboxylic acid groups (broad SMARTS) is 1. The van der Waals surface area contributed by atoms with Crippen LogP contribution in [0.3, 0.4) is 0 Å². The number of sulfonamides is 1. The molecule has 0 aromatic carbocycles. The number of hydrogen-bond acceptors (Lipinski definition) is 6. The average Bonchev–Trinajstić information content (AvgIpc) is 2.89. The Labute approximate surface area is 113 Å². The molecule has 0 spiro atoms. The normalized spacial score (nSPS) is 20.9. The molecule has 1 atom stereocenters. The topological polar surface area (TPSA) is 108 Å². The summed E-state index contributed by atoms with van der Waals surface area (Å²) < 4.78 is 30.7. The van der Waals surface area contributed by atoms with Crippen LogP contribution in [0.5, 0.6) is 0 Å². The second-order valence-corrected chi connectivity index (χ2v) is 6.89. The summed E-state index contributed by atoms with van der Waals surface area (Å²) in [4.78, 5) is 10.8. The van der Waals surface area contributed by atoms with E-state index in [1.54, 1.807) is 0 Å². The summed E-state index contributed by atoms with van der Waals surface area (Å²) in [7, 11) is -3.76. The zero-order chi connectivity index (χ0) is 14.0. The summed E-state index contributed by atoms with van der Waals surface area (Å²) in [6, 6.07) is 2.99. The van der Waals surface area contributed by atoms with E-state index in [1.807, 2.05) is 6.07 Å². The van der Waals surface area contributed by atoms with E-state index in [0.717, 1.165) is 21.7 Å². The van der Waals surface area contributed by atoms with Crippen LogP contribution in [-0.2, 0) is 14.8 Å². The van der Waals surface area contributed by atoms with Gasteiger partial charge in [0.2, 0.25) is 0 Å². The van der Waals surface area contributed by atoms with Crippen molar-refractivity contribution in [3.05, 3.63) is 17.0 Å². The highest BCUT2D eigenvalue weighted by Gasteiger charge is 2.32. The van der Waals surface area contributed by atoms with Gasteiger partial charge in [0, 0.05) is 11.9 Å². The summed E-state index contributed by atoms with van der Waals surface area (Å²) in [6.07, 6.45) is -0.789. The van der Waals surface area contributed by atoms with Gasteiger partial charge in [0.05, 0.1) is 24.8 Å². The molecule has 0 saturated carbocycles. The number of carboxylic acids is 1. The van der Waals surface area contributed by atoms with E-state index in [2.05, 4.69) is 0 Å². The number of morpholine rings is 1. The number of carbonyl (C=O) groups is 1. The fourth-order valence-corrected chi connectivity index (χ4v) is 4.34. The third-order valence-electron chi connectivity index (χ3n) is 2.59. The van der Waals surface area contributed by atoms with Gasteiger partial charge in [-0.1, -0.05) is 0 Å². The summed E-state index contributed by atoms with van der Waals surface area (Å²) >= 11 is 0.853. The Bertz CT molecular complexity index is 631. The lowest BCUT2D eigenvalue weighted by Gasteiger charge is -2.28. The van der Waals surface area contributed by atoms with E-state index in [9.17, 15) is 13.2 Å². The molecule has 19 heavy (non-hydrogen) atoms. The van der Waals surface area contributed by atoms with E-state index >= 15 is 0 Å². The predicted octanol–water partition coefficient (Wildman–Crippen LogP) is 0.359. The van der Waals surface area contributed by atoms with Gasteiger partial charge in [-0.15, -0.1) is 11.3 Å². The van der Waals surface area contributed by atoms with Gasteiger partial charge < -0.3 is 9.84 Å². The van der Waals surface area contributed by atoms with Gasteiger partial charge in [0.25, 0.3) is 10.0 Å². The van der Waals surface area contributed by atoms with Gasteiger partial charge in [-0.2, -0.15) is 9.57 Å². The summed E-state index contributed by atoms with van der Waals surface area (Å²) in [5, 5.41) is 18.8. The minimum Gasteiger partial charge on any atom is -0.478 e. The van der Waals surface area contributed by atoms with Crippen LogP contribution in [0.25, 0.3) is 0 Å². The number of nitrogens with zero attached hydrogens (tertiary/aromatic N) is 2. The van der Waals surface area contributed by atoms with Crippen molar-refractivity contribution in [3.8, 4) is 6.07 Å². The van der Waals surface area contributed by atoms with Gasteiger partial charge in [0.1, 0.15) is 4.21 Å². The molecule has 7 nitrogen and oxygen atoms in total. The Morgan fingerprint density at radius 3 is 2.95 bits per heavy atom. The van der Waals surface area contributed by atoms with Crippen LogP contribution in [-0.4, -0.2) is 49.6 Å². The number of hydrogen-bond donors (Lipinski definition) is 1. The molecule has 2 heterocycles. The zero-order valence-electron chi connectivity index (χ0n) is 9.64. The first-order valence-corrected chi connectivity index (χ1v) is 7.60. The smallest absolute Gasteiger partial charge is 0.336 e. The molecule has 1 aromatic heterocycles. The predicted molar refractivity (Wildman–Crippen MR) is 65.4 cm³/mol. The Balaban J connectivity index is 2.26. The first-order chi connectivity index (χ1) is 8.95. The first kappa shape index (κ1) is 14.0. The van der Waals surface area contributed by atoms with Crippen LogP contribution in [0.1, 0.15) is 10.4 Å². The molecule has 0 bridgehead atoms. The first-order valence-electron chi connectivity index (χ1n) is 5.28. The zero-order valence-corrected chi connectivity index (χ0v) is 11.3. The standard InChI is InChI=1S/C10H10N2O5S2/c11-4-8-5-12(1-2-17-8)19(15,16)9-3-7(6-18-9)10(13)14/h3,6,8H,1-2,5H2,(H,13,14). The Kier molecular flexibility index (Phi) is 3.86. The highest BCUT2D eigenvalue weighted by Crippen LogP contribution is 2.25. The second kappa shape index (κ2) is 5.26. The van der Waals surface area contributed by atoms with Crippen LogP contribution in [0.2, 0.25) is 0 Å². The van der Waals surface area contributed by atoms with Gasteiger partial charge >= 0.3 is 5.97 Å². The highest BCUT2D eigenvalue weighted by atomic mass is 32.2. The molecule has 0 aliphatic carbocycles. The van der Waals surface area contributed by atoms with Crippen molar-refractivity contribution in [2.45, 2.75) is 10.3 Å². The number of aromatic carboxylic acids is 1. The number of nitriles is 1. The molecule has 0 amide bonds. The Morgan fingerprint density at radius 1 is 1.63 bits per heavy atom. The minimum atomic E-state index is -3.76. The van der Waals surface area contributed by atoms with E-state index in [-0.39, 0.29) is 29.5 Å². The maximum atomic E-state index is 12.3. The van der Waals surface area contributed by atoms with E-state index in [4.69, 9.17) is 15.1 Å². The maximum absolute atomic E-state index is 12.3. The molecule has 1 saturated heterocycles. The third kappa shape index (κ3) is 2.76. The van der Waals surface area contributed by atoms with E-state index < -0.39 is 22.1 Å². The van der Waals surface area contributed by atoms with Crippen molar-refractivity contribution in [1.29, 1.82) is 5.26 Å². The molecule has 1 unspecified atom stereocenters. The fourth-order valence-electron chi connectivity index (χ4n) is 1.61. The monoisotopic (exact) mass is 302 g/mol. The summed E-state index contributed by atoms with van der Waals surface area (Å²) in [5.74, 6) is -1.17. The molecule has 102 valence electrons. The van der Waals surface area contributed by atoms with Gasteiger partial charge in [-0.05, 0) is 6.07 Å². The lowest BCUT2D eigenvalue weighted by molar-refractivity contribution is 0.0312. The molecule has 9 heteroatoms. The highest BCUT2D eigenvalue weighted by molar-refractivity contribution is 7.91. The maximum Gasteiger partial charge on any atom is 0.336 e. The molecule has 1 aromatic rings. The van der Waals surface area contributed by atoms with Crippen molar-refractivity contribution in [2.24, 2.45) is 0 Å². The van der Waals surface area contributed by atoms with E-state index in [0.29, 0.717) is 0 Å². The molecule has 1 fully saturated rings. The average molecular weight is 302 g/mol. The van der Waals surface area contributed by atoms with Crippen molar-refractivity contribution in [2.75, 3.05) is 19.7 Å². The molecule has 1 aliphatic rings. The minimum absolute atomic E-state index is 0.0384. The number of rotatable bonds is 3. The van der Waals surface area contributed by atoms with Crippen LogP contribution < -0.4 is 0 Å². The number of thiophene rings is 1. The summed E-state index contributed by atoms with van der Waals surface area (Å²) in [5.41, 5.74) is -0.0614. The lowest BCUT2D eigenvalue weighted by Crippen LogP contribution is -2.44. The van der Waals surface area contributed by atoms with Crippen molar-refractivity contribution < 1.29 is 23.1 Å². The Hall–Kier alpha value is -1.47. The van der Waals surface area contributed by atoms with Gasteiger partial charge in [0.15, 0.2) is 6.10 Å². The quantitative estimate of drug-likeness (QED) is 0.863. The number of ether oxygens (including phenoxy) is 1. The van der Waals surface area contributed by atoms with Crippen LogP contribution in [0, 0.1) is 11.3 Å². The van der Waals surface area contributed by atoms with Crippen LogP contribution in [0.4, 0.5) is 0 Å². The van der Waals surface area contributed by atoms with Crippen LogP contribution >= 0.6 is 11.3 Å². The molecule has 2 rings (SSSR count). The Morgan fingerprint density at radius 2 is 2.37 bits per heavy atom. The van der Waals surface area contributed by atoms with Gasteiger partial charge in [-0.3, -0.25) is 0 Å². The SMILES string of the molecule is N#CC1CN(S(=O)(=O)c2cc(C(=O)O)cs2)CCO1. The molecular formula is C10H10N2O5S2. The molecule has 1 aliphatic heterocycles. The second-order valence-electron chi connectivity index (χ2n) is 3.81. The van der Waals surface area contributed by atoms with Crippen LogP contribution in [0.15, 0.2) is 15.7 Å². The molecular weight excluding hydrogens is 292 g/mol. The fraction of sp³-hybridized carbons (Fsp3) is 0.400. The van der Waals surface area contributed by atoms with Crippen molar-refractivity contribution in [1.82, 2.24) is 4.31 Å². The largest absolute Gasteiger partial charge is 0.478 e. The molecule has 0 radical (unpaired) electrons. The lowest BCUT2D eigenvalue weighted by atomic mass is 10.3. The van der Waals surface area contributed by atoms with Crippen molar-refractivity contribution >= 4 is 27.3 Å². The third-order valence-corrected chi connectivity index (χ3v) is 5.87. The van der Waals surface area contributed by atoms with Crippen molar-refractivity contribution in [3.63, 3.8) is 0 Å².